The van der Waals surface area contributed by atoms with Crippen LogP contribution in [-0.4, -0.2) is 16.9 Å². The van der Waals surface area contributed by atoms with Gasteiger partial charge in [0.15, 0.2) is 0 Å². The van der Waals surface area contributed by atoms with Gasteiger partial charge in [0.05, 0.1) is 19.0 Å². The Labute approximate surface area is 86.7 Å². The van der Waals surface area contributed by atoms with E-state index in [1.165, 1.54) is 24.1 Å². The fourth-order valence-corrected chi connectivity index (χ4v) is 1.27. The zero-order valence-electron chi connectivity index (χ0n) is 8.25. The van der Waals surface area contributed by atoms with Gasteiger partial charge in [-0.3, -0.25) is 4.79 Å². The molecule has 4 nitrogen and oxygen atoms in total. The maximum atomic E-state index is 11.6. The molecule has 0 fully saturated rings. The normalized spacial score (nSPS) is 9.93. The van der Waals surface area contributed by atoms with Crippen molar-refractivity contribution in [2.24, 2.45) is 0 Å². The summed E-state index contributed by atoms with van der Waals surface area (Å²) in [5.74, 6) is 0.465. The number of ether oxygens (including phenoxy) is 1. The van der Waals surface area contributed by atoms with E-state index in [9.17, 15) is 4.79 Å². The minimum atomic E-state index is -0.208. The molecule has 0 aliphatic carbocycles. The molecular weight excluding hydrogens is 192 g/mol. The van der Waals surface area contributed by atoms with Crippen LogP contribution in [0.3, 0.4) is 0 Å². The van der Waals surface area contributed by atoms with Gasteiger partial charge < -0.3 is 4.74 Å². The fourth-order valence-electron chi connectivity index (χ4n) is 1.27. The SMILES string of the molecule is COc1cnn(-c2ccccc2)c(=O)c1. The van der Waals surface area contributed by atoms with Gasteiger partial charge >= 0.3 is 0 Å². The Morgan fingerprint density at radius 3 is 2.60 bits per heavy atom. The molecule has 0 unspecified atom stereocenters. The monoisotopic (exact) mass is 202 g/mol. The summed E-state index contributed by atoms with van der Waals surface area (Å²) in [5.41, 5.74) is 0.533. The Kier molecular flexibility index (Phi) is 2.49. The Morgan fingerprint density at radius 1 is 1.27 bits per heavy atom. The first-order valence-corrected chi connectivity index (χ1v) is 4.50. The zero-order chi connectivity index (χ0) is 10.7. The van der Waals surface area contributed by atoms with Gasteiger partial charge in [-0.25, -0.2) is 0 Å². The van der Waals surface area contributed by atoms with Crippen LogP contribution in [0.5, 0.6) is 5.75 Å². The van der Waals surface area contributed by atoms with Gasteiger partial charge in [0, 0.05) is 6.07 Å². The van der Waals surface area contributed by atoms with Crippen LogP contribution in [0.2, 0.25) is 0 Å². The van der Waals surface area contributed by atoms with E-state index < -0.39 is 0 Å². The fraction of sp³-hybridized carbons (Fsp3) is 0.0909. The third-order valence-electron chi connectivity index (χ3n) is 2.01. The average molecular weight is 202 g/mol. The molecule has 2 aromatic rings. The summed E-state index contributed by atoms with van der Waals surface area (Å²) in [5, 5.41) is 4.00. The topological polar surface area (TPSA) is 44.1 Å². The molecule has 0 spiro atoms. The van der Waals surface area contributed by atoms with E-state index in [0.29, 0.717) is 5.75 Å². The zero-order valence-corrected chi connectivity index (χ0v) is 8.25. The van der Waals surface area contributed by atoms with Crippen molar-refractivity contribution in [3.63, 3.8) is 0 Å². The van der Waals surface area contributed by atoms with Crippen LogP contribution in [0, 0.1) is 0 Å². The van der Waals surface area contributed by atoms with Crippen molar-refractivity contribution in [3.8, 4) is 11.4 Å². The lowest BCUT2D eigenvalue weighted by molar-refractivity contribution is 0.409. The first kappa shape index (κ1) is 9.45. The lowest BCUT2D eigenvalue weighted by Crippen LogP contribution is -2.19. The molecule has 2 rings (SSSR count). The predicted molar refractivity (Wildman–Crippen MR) is 56.4 cm³/mol. The van der Waals surface area contributed by atoms with Crippen molar-refractivity contribution in [1.29, 1.82) is 0 Å². The van der Waals surface area contributed by atoms with E-state index in [1.807, 2.05) is 30.3 Å². The van der Waals surface area contributed by atoms with Crippen LogP contribution in [0.15, 0.2) is 47.4 Å². The minimum Gasteiger partial charge on any atom is -0.495 e. The van der Waals surface area contributed by atoms with Gasteiger partial charge in [-0.05, 0) is 12.1 Å². The van der Waals surface area contributed by atoms with Crippen molar-refractivity contribution in [1.82, 2.24) is 9.78 Å². The Morgan fingerprint density at radius 2 is 2.00 bits per heavy atom. The standard InChI is InChI=1S/C11H10N2O2/c1-15-10-7-11(14)13(12-8-10)9-5-3-2-4-6-9/h2-8H,1H3. The maximum Gasteiger partial charge on any atom is 0.275 e. The molecular formula is C11H10N2O2. The number of rotatable bonds is 2. The highest BCUT2D eigenvalue weighted by Gasteiger charge is 2.01. The van der Waals surface area contributed by atoms with Crippen molar-refractivity contribution >= 4 is 0 Å². The largest absolute Gasteiger partial charge is 0.495 e. The highest BCUT2D eigenvalue weighted by atomic mass is 16.5. The summed E-state index contributed by atoms with van der Waals surface area (Å²) < 4.78 is 6.23. The highest BCUT2D eigenvalue weighted by Crippen LogP contribution is 2.05. The first-order valence-electron chi connectivity index (χ1n) is 4.50. The van der Waals surface area contributed by atoms with Crippen LogP contribution in [0.1, 0.15) is 0 Å². The number of aromatic nitrogens is 2. The molecule has 0 aliphatic heterocycles. The van der Waals surface area contributed by atoms with Crippen LogP contribution in [0.4, 0.5) is 0 Å². The predicted octanol–water partition coefficient (Wildman–Crippen LogP) is 1.24. The van der Waals surface area contributed by atoms with Crippen molar-refractivity contribution in [3.05, 3.63) is 52.9 Å². The molecule has 0 bridgehead atoms. The second-order valence-corrected chi connectivity index (χ2v) is 2.98. The van der Waals surface area contributed by atoms with Gasteiger partial charge in [0.1, 0.15) is 5.75 Å². The molecule has 4 heteroatoms. The lowest BCUT2D eigenvalue weighted by atomic mass is 10.3. The molecule has 1 aromatic heterocycles. The Bertz CT molecular complexity index is 505. The molecule has 0 N–H and O–H groups in total. The second-order valence-electron chi connectivity index (χ2n) is 2.98. The van der Waals surface area contributed by atoms with E-state index in [-0.39, 0.29) is 5.56 Å². The van der Waals surface area contributed by atoms with Crippen LogP contribution < -0.4 is 10.3 Å². The molecule has 76 valence electrons. The van der Waals surface area contributed by atoms with Crippen LogP contribution in [0.25, 0.3) is 5.69 Å². The molecule has 15 heavy (non-hydrogen) atoms. The summed E-state index contributed by atoms with van der Waals surface area (Å²) >= 11 is 0. The van der Waals surface area contributed by atoms with E-state index in [0.717, 1.165) is 5.69 Å². The molecule has 0 atom stereocenters. The number of nitrogens with zero attached hydrogens (tertiary/aromatic N) is 2. The minimum absolute atomic E-state index is 0.208. The highest BCUT2D eigenvalue weighted by molar-refractivity contribution is 5.30. The quantitative estimate of drug-likeness (QED) is 0.736. The van der Waals surface area contributed by atoms with E-state index in [4.69, 9.17) is 4.74 Å². The molecule has 0 saturated carbocycles. The van der Waals surface area contributed by atoms with Gasteiger partial charge in [-0.15, -0.1) is 0 Å². The van der Waals surface area contributed by atoms with Crippen molar-refractivity contribution < 1.29 is 4.74 Å². The third kappa shape index (κ3) is 1.88. The van der Waals surface area contributed by atoms with E-state index in [1.54, 1.807) is 0 Å². The Balaban J connectivity index is 2.51. The molecule has 0 saturated heterocycles. The number of para-hydroxylation sites is 1. The first-order chi connectivity index (χ1) is 7.31. The van der Waals surface area contributed by atoms with E-state index in [2.05, 4.69) is 5.10 Å². The molecule has 1 heterocycles. The summed E-state index contributed by atoms with van der Waals surface area (Å²) in [6.07, 6.45) is 1.51. The number of hydrogen-bond donors (Lipinski definition) is 0. The van der Waals surface area contributed by atoms with Gasteiger partial charge in [0.2, 0.25) is 0 Å². The smallest absolute Gasteiger partial charge is 0.275 e. The molecule has 0 radical (unpaired) electrons. The van der Waals surface area contributed by atoms with Gasteiger partial charge in [-0.2, -0.15) is 9.78 Å². The second kappa shape index (κ2) is 3.96. The van der Waals surface area contributed by atoms with Crippen molar-refractivity contribution in [2.45, 2.75) is 0 Å². The lowest BCUT2D eigenvalue weighted by Gasteiger charge is -2.04. The summed E-state index contributed by atoms with van der Waals surface area (Å²) in [4.78, 5) is 11.6. The molecule has 0 aliphatic rings. The summed E-state index contributed by atoms with van der Waals surface area (Å²) in [7, 11) is 1.50. The third-order valence-corrected chi connectivity index (χ3v) is 2.01. The molecule has 1 aromatic carbocycles. The Hall–Kier alpha value is -2.10. The van der Waals surface area contributed by atoms with E-state index >= 15 is 0 Å². The number of hydrogen-bond acceptors (Lipinski definition) is 3. The van der Waals surface area contributed by atoms with Crippen LogP contribution in [-0.2, 0) is 0 Å². The maximum absolute atomic E-state index is 11.6. The van der Waals surface area contributed by atoms with Crippen molar-refractivity contribution in [2.75, 3.05) is 7.11 Å². The van der Waals surface area contributed by atoms with Gasteiger partial charge in [0.25, 0.3) is 5.56 Å². The summed E-state index contributed by atoms with van der Waals surface area (Å²) in [6.45, 7) is 0. The molecule has 0 amide bonds. The summed E-state index contributed by atoms with van der Waals surface area (Å²) in [6, 6.07) is 10.6. The number of methoxy groups -OCH3 is 1. The van der Waals surface area contributed by atoms with Crippen LogP contribution >= 0.6 is 0 Å². The number of benzene rings is 1. The van der Waals surface area contributed by atoms with Gasteiger partial charge in [-0.1, -0.05) is 18.2 Å². The average Bonchev–Trinajstić information content (AvgIpc) is 2.30.